The van der Waals surface area contributed by atoms with Crippen molar-refractivity contribution in [2.75, 3.05) is 6.67 Å². The fraction of sp³-hybridized carbons (Fsp3) is 0.120. The van der Waals surface area contributed by atoms with Crippen molar-refractivity contribution in [3.63, 3.8) is 0 Å². The Bertz CT molecular complexity index is 1720. The van der Waals surface area contributed by atoms with Crippen molar-refractivity contribution in [2.24, 2.45) is 4.99 Å². The average Bonchev–Trinajstić information content (AvgIpc) is 2.84. The third-order valence-electron chi connectivity index (χ3n) is 5.77. The minimum absolute atomic E-state index is 0.00820. The van der Waals surface area contributed by atoms with E-state index < -0.39 is 11.5 Å². The Labute approximate surface area is 198 Å². The summed E-state index contributed by atoms with van der Waals surface area (Å²) >= 11 is 6.39. The Kier molecular flexibility index (Phi) is 5.40. The molecule has 3 N–H and O–H groups in total. The molecule has 34 heavy (non-hydrogen) atoms. The van der Waals surface area contributed by atoms with Gasteiger partial charge < -0.3 is 15.6 Å². The molecule has 0 aliphatic carbocycles. The summed E-state index contributed by atoms with van der Waals surface area (Å²) in [5, 5.41) is 17.5. The molecule has 1 aliphatic heterocycles. The third-order valence-corrected chi connectivity index (χ3v) is 6.08. The molecule has 0 radical (unpaired) electrons. The first-order valence-electron chi connectivity index (χ1n) is 10.6. The van der Waals surface area contributed by atoms with Crippen LogP contribution in [0.1, 0.15) is 24.2 Å². The molecule has 2 aromatic carbocycles. The Morgan fingerprint density at radius 1 is 1.18 bits per heavy atom. The van der Waals surface area contributed by atoms with Gasteiger partial charge in [0.15, 0.2) is 0 Å². The van der Waals surface area contributed by atoms with Gasteiger partial charge in [-0.1, -0.05) is 41.9 Å². The van der Waals surface area contributed by atoms with Crippen LogP contribution in [0.25, 0.3) is 22.3 Å². The van der Waals surface area contributed by atoms with Gasteiger partial charge in [-0.05, 0) is 36.6 Å². The number of para-hydroxylation sites is 1. The number of aromatic amines is 1. The van der Waals surface area contributed by atoms with Crippen LogP contribution in [0.15, 0.2) is 75.4 Å². The lowest BCUT2D eigenvalue weighted by Gasteiger charge is -2.24. The molecular formula is C25H19ClN6O2. The largest absolute Gasteiger partial charge is 0.363 e. The van der Waals surface area contributed by atoms with Gasteiger partial charge in [0.05, 0.1) is 16.5 Å². The molecular weight excluding hydrogens is 452 g/mol. The van der Waals surface area contributed by atoms with Crippen LogP contribution >= 0.6 is 11.6 Å². The van der Waals surface area contributed by atoms with E-state index in [0.717, 1.165) is 5.39 Å². The summed E-state index contributed by atoms with van der Waals surface area (Å²) in [6.07, 6.45) is 1.36. The molecule has 0 amide bonds. The lowest BCUT2D eigenvalue weighted by molar-refractivity contribution is 0.614. The average molecular weight is 471 g/mol. The molecule has 2 aromatic heterocycles. The maximum absolute atomic E-state index is 13.6. The molecule has 0 saturated carbocycles. The zero-order valence-electron chi connectivity index (χ0n) is 18.1. The van der Waals surface area contributed by atoms with Crippen molar-refractivity contribution in [3.8, 4) is 11.8 Å². The van der Waals surface area contributed by atoms with Crippen molar-refractivity contribution >= 4 is 28.2 Å². The molecule has 0 saturated heterocycles. The van der Waals surface area contributed by atoms with Crippen LogP contribution in [0.5, 0.6) is 0 Å². The Hall–Kier alpha value is -4.35. The number of aromatic nitrogens is 2. The summed E-state index contributed by atoms with van der Waals surface area (Å²) in [6, 6.07) is 18.1. The van der Waals surface area contributed by atoms with E-state index in [0.29, 0.717) is 33.1 Å². The number of benzene rings is 2. The van der Waals surface area contributed by atoms with Crippen molar-refractivity contribution in [3.05, 3.63) is 108 Å². The molecule has 0 fully saturated rings. The Morgan fingerprint density at radius 3 is 2.74 bits per heavy atom. The highest BCUT2D eigenvalue weighted by Crippen LogP contribution is 2.25. The van der Waals surface area contributed by atoms with Crippen LogP contribution in [0, 0.1) is 11.3 Å². The summed E-state index contributed by atoms with van der Waals surface area (Å²) < 4.78 is 1.62. The molecule has 0 bridgehead atoms. The molecule has 8 nitrogen and oxygen atoms in total. The SMILES string of the molecule is C[C@H](NC1=c2c([nH]cc(C#N)c2=O)=NCN1)c1cc2cccc(Cl)c2c(=O)n1-c1ccccc1. The molecule has 5 rings (SSSR count). The van der Waals surface area contributed by atoms with Gasteiger partial charge in [-0.3, -0.25) is 14.2 Å². The van der Waals surface area contributed by atoms with Crippen LogP contribution in [0.4, 0.5) is 0 Å². The van der Waals surface area contributed by atoms with Gasteiger partial charge >= 0.3 is 0 Å². The highest BCUT2D eigenvalue weighted by Gasteiger charge is 2.20. The molecule has 0 spiro atoms. The van der Waals surface area contributed by atoms with E-state index >= 15 is 0 Å². The van der Waals surface area contributed by atoms with E-state index in [-0.39, 0.29) is 23.0 Å². The van der Waals surface area contributed by atoms with Gasteiger partial charge in [-0.15, -0.1) is 0 Å². The standard InChI is InChI=1S/C25H19ClN6O2/c1-14(31-24-21-22(33)16(11-27)12-28-23(21)29-13-30-24)19-10-15-6-5-9-18(26)20(15)25(34)32(19)17-7-3-2-4-8-17/h2-10,12,14,30-31H,13H2,1H3,(H,28,29)/t14-/m0/s1. The molecule has 4 aromatic rings. The number of hydrogen-bond acceptors (Lipinski definition) is 6. The zero-order valence-corrected chi connectivity index (χ0v) is 18.8. The van der Waals surface area contributed by atoms with Crippen molar-refractivity contribution in [1.29, 1.82) is 5.26 Å². The summed E-state index contributed by atoms with van der Waals surface area (Å²) in [4.78, 5) is 33.7. The molecule has 0 unspecified atom stereocenters. The second-order valence-electron chi connectivity index (χ2n) is 7.85. The van der Waals surface area contributed by atoms with Gasteiger partial charge in [0.2, 0.25) is 5.43 Å². The van der Waals surface area contributed by atoms with Gasteiger partial charge in [0, 0.05) is 17.6 Å². The first-order chi connectivity index (χ1) is 16.5. The molecule has 168 valence electrons. The monoisotopic (exact) mass is 470 g/mol. The van der Waals surface area contributed by atoms with Crippen LogP contribution in [0.2, 0.25) is 5.02 Å². The van der Waals surface area contributed by atoms with Crippen LogP contribution < -0.4 is 32.3 Å². The fourth-order valence-electron chi connectivity index (χ4n) is 4.16. The summed E-state index contributed by atoms with van der Waals surface area (Å²) in [7, 11) is 0. The minimum Gasteiger partial charge on any atom is -0.363 e. The maximum atomic E-state index is 13.6. The normalized spacial score (nSPS) is 13.4. The fourth-order valence-corrected chi connectivity index (χ4v) is 4.42. The number of halogens is 1. The number of pyridine rings is 2. The van der Waals surface area contributed by atoms with Crippen LogP contribution in [-0.2, 0) is 0 Å². The van der Waals surface area contributed by atoms with Gasteiger partial charge in [-0.25, -0.2) is 4.99 Å². The van der Waals surface area contributed by atoms with E-state index in [4.69, 9.17) is 11.6 Å². The van der Waals surface area contributed by atoms with E-state index in [2.05, 4.69) is 20.6 Å². The lowest BCUT2D eigenvalue weighted by atomic mass is 10.1. The number of hydrogen-bond donors (Lipinski definition) is 3. The van der Waals surface area contributed by atoms with Gasteiger partial charge in [0.1, 0.15) is 34.8 Å². The molecule has 1 aliphatic rings. The minimum atomic E-state index is -0.423. The Balaban J connectivity index is 1.74. The van der Waals surface area contributed by atoms with Crippen LogP contribution in [0.3, 0.4) is 0 Å². The molecule has 1 atom stereocenters. The second kappa shape index (κ2) is 8.54. The number of nitriles is 1. The first-order valence-corrected chi connectivity index (χ1v) is 11.0. The topological polar surface area (TPSA) is 115 Å². The quantitative estimate of drug-likeness (QED) is 0.420. The van der Waals surface area contributed by atoms with Crippen molar-refractivity contribution < 1.29 is 0 Å². The zero-order chi connectivity index (χ0) is 23.8. The van der Waals surface area contributed by atoms with Crippen molar-refractivity contribution in [1.82, 2.24) is 20.2 Å². The predicted octanol–water partition coefficient (Wildman–Crippen LogP) is 1.80. The summed E-state index contributed by atoms with van der Waals surface area (Å²) in [5.74, 6) is 0.439. The first kappa shape index (κ1) is 21.5. The second-order valence-corrected chi connectivity index (χ2v) is 8.26. The number of H-pyrrole nitrogens is 1. The summed E-state index contributed by atoms with van der Waals surface area (Å²) in [5.41, 5.74) is 1.10. The van der Waals surface area contributed by atoms with E-state index in [9.17, 15) is 14.9 Å². The van der Waals surface area contributed by atoms with E-state index in [1.807, 2.05) is 55.5 Å². The molecule has 9 heteroatoms. The lowest BCUT2D eigenvalue weighted by Crippen LogP contribution is -2.53. The highest BCUT2D eigenvalue weighted by atomic mass is 35.5. The Morgan fingerprint density at radius 2 is 1.97 bits per heavy atom. The number of nitrogens with zero attached hydrogens (tertiary/aromatic N) is 3. The smallest absolute Gasteiger partial charge is 0.264 e. The summed E-state index contributed by atoms with van der Waals surface area (Å²) in [6.45, 7) is 2.15. The van der Waals surface area contributed by atoms with Gasteiger partial charge in [0.25, 0.3) is 5.56 Å². The maximum Gasteiger partial charge on any atom is 0.264 e. The number of fused-ring (bicyclic) bond motifs is 2. The third kappa shape index (κ3) is 3.52. The van der Waals surface area contributed by atoms with Crippen molar-refractivity contribution in [2.45, 2.75) is 13.0 Å². The van der Waals surface area contributed by atoms with Crippen LogP contribution in [-0.4, -0.2) is 16.2 Å². The predicted molar refractivity (Wildman–Crippen MR) is 130 cm³/mol. The highest BCUT2D eigenvalue weighted by molar-refractivity contribution is 6.35. The number of nitrogens with one attached hydrogen (secondary N) is 3. The van der Waals surface area contributed by atoms with Gasteiger partial charge in [-0.2, -0.15) is 5.26 Å². The van der Waals surface area contributed by atoms with E-state index in [1.54, 1.807) is 16.7 Å². The van der Waals surface area contributed by atoms with E-state index in [1.165, 1.54) is 6.20 Å². The number of rotatable bonds is 4. The molecule has 3 heterocycles.